The Morgan fingerprint density at radius 2 is 2.08 bits per heavy atom. The molecule has 4 rings (SSSR count). The van der Waals surface area contributed by atoms with Gasteiger partial charge in [0.1, 0.15) is 5.56 Å². The van der Waals surface area contributed by atoms with E-state index in [1.165, 1.54) is 12.8 Å². The van der Waals surface area contributed by atoms with Gasteiger partial charge in [0.05, 0.1) is 18.3 Å². The number of aliphatic hydroxyl groups is 1. The average molecular weight is 343 g/mol. The number of hydrogen-bond donors (Lipinski definition) is 1. The molecule has 1 N–H and O–H groups in total. The van der Waals surface area contributed by atoms with Crippen LogP contribution in [0.2, 0.25) is 0 Å². The minimum absolute atomic E-state index is 0.125. The summed E-state index contributed by atoms with van der Waals surface area (Å²) in [6.45, 7) is 2.12. The van der Waals surface area contributed by atoms with E-state index < -0.39 is 6.10 Å². The second kappa shape index (κ2) is 6.72. The zero-order valence-corrected chi connectivity index (χ0v) is 14.6. The minimum Gasteiger partial charge on any atom is -0.389 e. The van der Waals surface area contributed by atoms with Gasteiger partial charge in [0.15, 0.2) is 5.65 Å². The van der Waals surface area contributed by atoms with E-state index in [2.05, 4.69) is 15.0 Å². The summed E-state index contributed by atoms with van der Waals surface area (Å²) in [6.07, 6.45) is 9.79. The number of aliphatic hydroxyl groups excluding tert-OH is 1. The number of aromatic nitrogens is 3. The lowest BCUT2D eigenvalue weighted by molar-refractivity contribution is -0.0241. The van der Waals surface area contributed by atoms with Gasteiger partial charge in [-0.15, -0.1) is 0 Å². The normalized spacial score (nSPS) is 27.7. The Labute approximate surface area is 147 Å². The maximum atomic E-state index is 13.0. The van der Waals surface area contributed by atoms with Crippen LogP contribution in [0.15, 0.2) is 24.7 Å². The van der Waals surface area contributed by atoms with Crippen molar-refractivity contribution in [1.29, 1.82) is 0 Å². The fourth-order valence-corrected chi connectivity index (χ4v) is 4.35. The Morgan fingerprint density at radius 3 is 2.88 bits per heavy atom. The molecule has 1 aliphatic carbocycles. The molecule has 0 bridgehead atoms. The molecule has 3 heterocycles. The lowest BCUT2D eigenvalue weighted by atomic mass is 9.86. The lowest BCUT2D eigenvalue weighted by Crippen LogP contribution is -2.56. The van der Waals surface area contributed by atoms with Crippen LogP contribution in [-0.4, -0.2) is 73.7 Å². The van der Waals surface area contributed by atoms with Gasteiger partial charge in [-0.1, -0.05) is 0 Å². The predicted molar refractivity (Wildman–Crippen MR) is 93.3 cm³/mol. The lowest BCUT2D eigenvalue weighted by Gasteiger charge is -2.43. The largest absolute Gasteiger partial charge is 0.389 e. The molecular formula is C18H25N5O2. The predicted octanol–water partition coefficient (Wildman–Crippen LogP) is 1.18. The number of amides is 1. The molecule has 0 unspecified atom stereocenters. The van der Waals surface area contributed by atoms with Gasteiger partial charge in [-0.25, -0.2) is 9.50 Å². The van der Waals surface area contributed by atoms with E-state index in [0.717, 1.165) is 32.4 Å². The fourth-order valence-electron chi connectivity index (χ4n) is 4.35. The molecular weight excluding hydrogens is 318 g/mol. The van der Waals surface area contributed by atoms with Gasteiger partial charge < -0.3 is 10.0 Å². The number of nitrogens with zero attached hydrogens (tertiary/aromatic N) is 5. The third-order valence-corrected chi connectivity index (χ3v) is 5.73. The number of rotatable bonds is 3. The van der Waals surface area contributed by atoms with Crippen molar-refractivity contribution < 1.29 is 9.90 Å². The minimum atomic E-state index is -0.504. The summed E-state index contributed by atoms with van der Waals surface area (Å²) in [4.78, 5) is 21.4. The summed E-state index contributed by atoms with van der Waals surface area (Å²) in [5, 5.41) is 15.1. The monoisotopic (exact) mass is 343 g/mol. The highest BCUT2D eigenvalue weighted by Gasteiger charge is 2.39. The van der Waals surface area contributed by atoms with Gasteiger partial charge in [-0.05, 0) is 51.3 Å². The van der Waals surface area contributed by atoms with Crippen molar-refractivity contribution in [3.63, 3.8) is 0 Å². The number of carbonyl (C=O) groups is 1. The van der Waals surface area contributed by atoms with Crippen molar-refractivity contribution >= 4 is 11.6 Å². The van der Waals surface area contributed by atoms with Gasteiger partial charge in [0, 0.05) is 25.5 Å². The summed E-state index contributed by atoms with van der Waals surface area (Å²) in [7, 11) is 1.79. The van der Waals surface area contributed by atoms with Crippen molar-refractivity contribution in [1.82, 2.24) is 24.4 Å². The van der Waals surface area contributed by atoms with Crippen LogP contribution in [-0.2, 0) is 0 Å². The van der Waals surface area contributed by atoms with Gasteiger partial charge in [0.25, 0.3) is 5.91 Å². The average Bonchev–Trinajstić information content (AvgIpc) is 3.30. The van der Waals surface area contributed by atoms with E-state index in [1.54, 1.807) is 41.1 Å². The Hall–Kier alpha value is -1.99. The SMILES string of the molecule is CN(C(=O)c1cnn2cccnc12)[C@@H]1CCC[C@@H](N2CCCC2)[C@@H]1O. The second-order valence-corrected chi connectivity index (χ2v) is 7.16. The first-order chi connectivity index (χ1) is 12.2. The topological polar surface area (TPSA) is 74.0 Å². The molecule has 2 aliphatic rings. The van der Waals surface area contributed by atoms with Crippen LogP contribution >= 0.6 is 0 Å². The molecule has 25 heavy (non-hydrogen) atoms. The number of carbonyl (C=O) groups excluding carboxylic acids is 1. The molecule has 7 heteroatoms. The van der Waals surface area contributed by atoms with E-state index in [-0.39, 0.29) is 18.0 Å². The maximum Gasteiger partial charge on any atom is 0.259 e. The highest BCUT2D eigenvalue weighted by Crippen LogP contribution is 2.29. The molecule has 7 nitrogen and oxygen atoms in total. The van der Waals surface area contributed by atoms with Gasteiger partial charge in [0.2, 0.25) is 0 Å². The molecule has 2 fully saturated rings. The summed E-state index contributed by atoms with van der Waals surface area (Å²) in [5.74, 6) is -0.125. The van der Waals surface area contributed by atoms with Crippen molar-refractivity contribution in [2.45, 2.75) is 50.3 Å². The molecule has 0 spiro atoms. The number of likely N-dealkylation sites (tertiary alicyclic amines) is 1. The summed E-state index contributed by atoms with van der Waals surface area (Å²) in [5.41, 5.74) is 1.04. The van der Waals surface area contributed by atoms with Gasteiger partial charge in [-0.3, -0.25) is 9.69 Å². The maximum absolute atomic E-state index is 13.0. The standard InChI is InChI=1S/C18H25N5O2/c1-21(18(25)13-12-20-23-11-5-8-19-17(13)23)14-6-4-7-15(16(14)24)22-9-2-3-10-22/h5,8,11-12,14-16,24H,2-4,6-7,9-10H2,1H3/t14-,15-,16-/m1/s1. The van der Waals surface area contributed by atoms with Crippen molar-refractivity contribution in [3.8, 4) is 0 Å². The Morgan fingerprint density at radius 1 is 1.28 bits per heavy atom. The Bertz CT molecular complexity index is 755. The van der Waals surface area contributed by atoms with Crippen LogP contribution in [0.25, 0.3) is 5.65 Å². The molecule has 134 valence electrons. The van der Waals surface area contributed by atoms with E-state index in [1.807, 2.05) is 0 Å². The first kappa shape index (κ1) is 16.5. The molecule has 0 radical (unpaired) electrons. The quantitative estimate of drug-likeness (QED) is 0.906. The summed E-state index contributed by atoms with van der Waals surface area (Å²) in [6, 6.07) is 1.78. The van der Waals surface area contributed by atoms with E-state index in [4.69, 9.17) is 0 Å². The molecule has 1 amide bonds. The highest BCUT2D eigenvalue weighted by molar-refractivity contribution is 5.99. The van der Waals surface area contributed by atoms with Gasteiger partial charge >= 0.3 is 0 Å². The van der Waals surface area contributed by atoms with Crippen LogP contribution in [0.5, 0.6) is 0 Å². The first-order valence-electron chi connectivity index (χ1n) is 9.14. The molecule has 1 aliphatic heterocycles. The second-order valence-electron chi connectivity index (χ2n) is 7.16. The zero-order valence-electron chi connectivity index (χ0n) is 14.6. The Balaban J connectivity index is 1.54. The third kappa shape index (κ3) is 2.91. The van der Waals surface area contributed by atoms with Crippen LogP contribution in [0.1, 0.15) is 42.5 Å². The molecule has 1 saturated carbocycles. The zero-order chi connectivity index (χ0) is 17.4. The fraction of sp³-hybridized carbons (Fsp3) is 0.611. The first-order valence-corrected chi connectivity index (χ1v) is 9.14. The van der Waals surface area contributed by atoms with Crippen LogP contribution in [0.3, 0.4) is 0 Å². The van der Waals surface area contributed by atoms with Crippen LogP contribution in [0, 0.1) is 0 Å². The van der Waals surface area contributed by atoms with Gasteiger partial charge in [-0.2, -0.15) is 5.10 Å². The van der Waals surface area contributed by atoms with Crippen LogP contribution in [0.4, 0.5) is 0 Å². The highest BCUT2D eigenvalue weighted by atomic mass is 16.3. The van der Waals surface area contributed by atoms with Crippen molar-refractivity contribution in [3.05, 3.63) is 30.2 Å². The van der Waals surface area contributed by atoms with Crippen molar-refractivity contribution in [2.24, 2.45) is 0 Å². The summed E-state index contributed by atoms with van der Waals surface area (Å²) < 4.78 is 1.60. The van der Waals surface area contributed by atoms with Crippen molar-refractivity contribution in [2.75, 3.05) is 20.1 Å². The number of fused-ring (bicyclic) bond motifs is 1. The molecule has 3 atom stereocenters. The van der Waals surface area contributed by atoms with E-state index in [9.17, 15) is 9.90 Å². The number of hydrogen-bond acceptors (Lipinski definition) is 5. The van der Waals surface area contributed by atoms with E-state index in [0.29, 0.717) is 11.2 Å². The third-order valence-electron chi connectivity index (χ3n) is 5.73. The Kier molecular flexibility index (Phi) is 4.43. The van der Waals surface area contributed by atoms with Crippen LogP contribution < -0.4 is 0 Å². The summed E-state index contributed by atoms with van der Waals surface area (Å²) >= 11 is 0. The molecule has 2 aromatic heterocycles. The van der Waals surface area contributed by atoms with E-state index >= 15 is 0 Å². The smallest absolute Gasteiger partial charge is 0.259 e. The molecule has 2 aromatic rings. The number of likely N-dealkylation sites (N-methyl/N-ethyl adjacent to an activating group) is 1. The molecule has 1 saturated heterocycles. The molecule has 0 aromatic carbocycles.